The molecule has 0 radical (unpaired) electrons. The molecule has 7 aromatic carbocycles. The Bertz CT molecular complexity index is 3370. The fourth-order valence-corrected chi connectivity index (χ4v) is 9.04. The highest BCUT2D eigenvalue weighted by Gasteiger charge is 2.25. The van der Waals surface area contributed by atoms with E-state index in [0.717, 1.165) is 72.0 Å². The Labute approximate surface area is 362 Å². The topological polar surface area (TPSA) is 72.3 Å². The molecule has 0 bridgehead atoms. The Morgan fingerprint density at radius 2 is 1.03 bits per heavy atom. The van der Waals surface area contributed by atoms with Crippen molar-refractivity contribution in [2.24, 2.45) is 0 Å². The molecule has 10 rings (SSSR count). The predicted octanol–water partition coefficient (Wildman–Crippen LogP) is 14.2. The molecule has 0 aliphatic rings. The number of hydrogen-bond acceptors (Lipinski definition) is 4. The van der Waals surface area contributed by atoms with Gasteiger partial charge >= 0.3 is 0 Å². The molecule has 302 valence electrons. The second-order valence-electron chi connectivity index (χ2n) is 18.7. The Balaban J connectivity index is 1.30. The van der Waals surface area contributed by atoms with Crippen LogP contribution in [0.15, 0.2) is 146 Å². The zero-order valence-electron chi connectivity index (χ0n) is 36.5. The van der Waals surface area contributed by atoms with Crippen LogP contribution in [0.2, 0.25) is 0 Å². The van der Waals surface area contributed by atoms with Gasteiger partial charge in [0, 0.05) is 43.9 Å². The highest BCUT2D eigenvalue weighted by molar-refractivity contribution is 6.26. The summed E-state index contributed by atoms with van der Waals surface area (Å²) < 4.78 is 4.72. The van der Waals surface area contributed by atoms with E-state index in [2.05, 4.69) is 204 Å². The molecule has 10 aromatic rings. The second-order valence-corrected chi connectivity index (χ2v) is 18.7. The van der Waals surface area contributed by atoms with Crippen molar-refractivity contribution in [3.05, 3.63) is 173 Å². The number of benzene rings is 7. The Kier molecular flexibility index (Phi) is 9.01. The maximum absolute atomic E-state index is 10.4. The van der Waals surface area contributed by atoms with Gasteiger partial charge in [0.1, 0.15) is 0 Å². The van der Waals surface area contributed by atoms with Crippen LogP contribution in [0, 0.1) is 25.2 Å². The van der Waals surface area contributed by atoms with Crippen LogP contribution in [-0.2, 0) is 10.8 Å². The highest BCUT2D eigenvalue weighted by atomic mass is 15.1. The molecule has 0 atom stereocenters. The lowest BCUT2D eigenvalue weighted by atomic mass is 9.85. The summed E-state index contributed by atoms with van der Waals surface area (Å²) in [6, 6.07) is 53.9. The first-order chi connectivity index (χ1) is 29.8. The highest BCUT2D eigenvalue weighted by Crippen LogP contribution is 2.43. The van der Waals surface area contributed by atoms with Gasteiger partial charge in [-0.25, -0.2) is 15.0 Å². The van der Waals surface area contributed by atoms with Gasteiger partial charge in [0.05, 0.1) is 39.4 Å². The number of fused-ring (bicyclic) bond motifs is 7. The summed E-state index contributed by atoms with van der Waals surface area (Å²) in [5.41, 5.74) is 14.0. The first-order valence-electron chi connectivity index (χ1n) is 21.3. The summed E-state index contributed by atoms with van der Waals surface area (Å²) in [7, 11) is 0. The minimum atomic E-state index is -0.0833. The summed E-state index contributed by atoms with van der Waals surface area (Å²) in [5, 5.41) is 15.1. The number of aryl methyl sites for hydroxylation is 2. The largest absolute Gasteiger partial charge is 0.309 e. The van der Waals surface area contributed by atoms with Gasteiger partial charge in [-0.3, -0.25) is 0 Å². The van der Waals surface area contributed by atoms with E-state index in [0.29, 0.717) is 23.0 Å². The third-order valence-corrected chi connectivity index (χ3v) is 12.1. The maximum atomic E-state index is 10.4. The maximum Gasteiger partial charge on any atom is 0.166 e. The van der Waals surface area contributed by atoms with E-state index in [1.807, 2.05) is 12.1 Å². The smallest absolute Gasteiger partial charge is 0.166 e. The molecular weight excluding hydrogens is 757 g/mol. The van der Waals surface area contributed by atoms with Crippen molar-refractivity contribution < 1.29 is 0 Å². The standard InChI is InChI=1S/C56H48N6/c1-34-26-37(31-39(28-34)55(3,4)5)52-58-53(38-27-35(2)29-40(32-38)56(6,7)8)60-54(59-52)45-30-36(33-57)22-24-48(45)62-47-21-15-13-19-44(47)50-49(62)25-23-43-42-18-12-14-20-46(42)61(51(43)50)41-16-10-9-11-17-41/h9-32H,1-8H3. The van der Waals surface area contributed by atoms with E-state index in [1.54, 1.807) is 0 Å². The molecule has 62 heavy (non-hydrogen) atoms. The van der Waals surface area contributed by atoms with Crippen LogP contribution in [0.3, 0.4) is 0 Å². The molecular formula is C56H48N6. The van der Waals surface area contributed by atoms with Crippen LogP contribution < -0.4 is 0 Å². The zero-order valence-corrected chi connectivity index (χ0v) is 36.5. The Morgan fingerprint density at radius 1 is 0.484 bits per heavy atom. The lowest BCUT2D eigenvalue weighted by Crippen LogP contribution is -2.12. The van der Waals surface area contributed by atoms with Gasteiger partial charge in [-0.15, -0.1) is 0 Å². The van der Waals surface area contributed by atoms with Gasteiger partial charge in [0.2, 0.25) is 0 Å². The van der Waals surface area contributed by atoms with Crippen molar-refractivity contribution in [3.8, 4) is 51.6 Å². The normalized spacial score (nSPS) is 12.2. The first kappa shape index (κ1) is 38.8. The second kappa shape index (κ2) is 14.4. The third kappa shape index (κ3) is 6.53. The van der Waals surface area contributed by atoms with Crippen molar-refractivity contribution >= 4 is 43.6 Å². The number of hydrogen-bond donors (Lipinski definition) is 0. The third-order valence-electron chi connectivity index (χ3n) is 12.1. The number of nitrogens with zero attached hydrogens (tertiary/aromatic N) is 6. The lowest BCUT2D eigenvalue weighted by Gasteiger charge is -2.21. The molecule has 0 saturated heterocycles. The van der Waals surface area contributed by atoms with Gasteiger partial charge in [-0.05, 0) is 109 Å². The van der Waals surface area contributed by atoms with Gasteiger partial charge in [-0.2, -0.15) is 5.26 Å². The van der Waals surface area contributed by atoms with Crippen LogP contribution in [0.4, 0.5) is 0 Å². The van der Waals surface area contributed by atoms with Gasteiger partial charge in [0.15, 0.2) is 17.5 Å². The van der Waals surface area contributed by atoms with Crippen molar-refractivity contribution in [1.29, 1.82) is 5.26 Å². The molecule has 0 amide bonds. The van der Waals surface area contributed by atoms with E-state index < -0.39 is 0 Å². The summed E-state index contributed by atoms with van der Waals surface area (Å²) >= 11 is 0. The lowest BCUT2D eigenvalue weighted by molar-refractivity contribution is 0.589. The van der Waals surface area contributed by atoms with Crippen molar-refractivity contribution in [2.45, 2.75) is 66.2 Å². The molecule has 0 N–H and O–H groups in total. The SMILES string of the molecule is Cc1cc(-c2nc(-c3cc(C)cc(C(C)(C)C)c3)nc(-c3cc(C#N)ccc3-n3c4ccccc4c4c3ccc3c5ccccc5n(-c5ccccc5)c34)n2)cc(C(C)(C)C)c1. The van der Waals surface area contributed by atoms with Crippen LogP contribution in [0.1, 0.15) is 69.4 Å². The molecule has 0 fully saturated rings. The molecule has 0 aliphatic heterocycles. The number of nitriles is 1. The fourth-order valence-electron chi connectivity index (χ4n) is 9.04. The summed E-state index contributed by atoms with van der Waals surface area (Å²) in [5.74, 6) is 1.67. The molecule has 6 nitrogen and oxygen atoms in total. The van der Waals surface area contributed by atoms with E-state index in [-0.39, 0.29) is 10.8 Å². The average Bonchev–Trinajstić information content (AvgIpc) is 3.78. The molecule has 3 aromatic heterocycles. The van der Waals surface area contributed by atoms with Crippen molar-refractivity contribution in [2.75, 3.05) is 0 Å². The first-order valence-corrected chi connectivity index (χ1v) is 21.3. The Morgan fingerprint density at radius 3 is 1.63 bits per heavy atom. The molecule has 0 unspecified atom stereocenters. The molecule has 0 saturated carbocycles. The monoisotopic (exact) mass is 804 g/mol. The van der Waals surface area contributed by atoms with Gasteiger partial charge < -0.3 is 9.13 Å². The summed E-state index contributed by atoms with van der Waals surface area (Å²) in [6.07, 6.45) is 0. The van der Waals surface area contributed by atoms with Crippen LogP contribution >= 0.6 is 0 Å². The van der Waals surface area contributed by atoms with Crippen LogP contribution in [0.5, 0.6) is 0 Å². The molecule has 0 aliphatic carbocycles. The summed E-state index contributed by atoms with van der Waals surface area (Å²) in [4.78, 5) is 16.0. The molecule has 0 spiro atoms. The van der Waals surface area contributed by atoms with Crippen molar-refractivity contribution in [3.63, 3.8) is 0 Å². The van der Waals surface area contributed by atoms with E-state index in [1.165, 1.54) is 21.9 Å². The van der Waals surface area contributed by atoms with Gasteiger partial charge in [-0.1, -0.05) is 125 Å². The minimum Gasteiger partial charge on any atom is -0.309 e. The van der Waals surface area contributed by atoms with Crippen LogP contribution in [0.25, 0.3) is 89.2 Å². The van der Waals surface area contributed by atoms with Crippen LogP contribution in [-0.4, -0.2) is 24.1 Å². The number of para-hydroxylation sites is 3. The quantitative estimate of drug-likeness (QED) is 0.174. The van der Waals surface area contributed by atoms with Crippen molar-refractivity contribution in [1.82, 2.24) is 24.1 Å². The summed E-state index contributed by atoms with van der Waals surface area (Å²) in [6.45, 7) is 17.6. The number of aromatic nitrogens is 5. The number of rotatable bonds is 5. The van der Waals surface area contributed by atoms with E-state index in [9.17, 15) is 5.26 Å². The Hall–Kier alpha value is -7.36. The fraction of sp³-hybridized carbons (Fsp3) is 0.179. The zero-order chi connectivity index (χ0) is 43.1. The van der Waals surface area contributed by atoms with E-state index in [4.69, 9.17) is 15.0 Å². The van der Waals surface area contributed by atoms with E-state index >= 15 is 0 Å². The molecule has 6 heteroatoms. The molecule has 3 heterocycles. The minimum absolute atomic E-state index is 0.0833. The average molecular weight is 805 g/mol. The predicted molar refractivity (Wildman–Crippen MR) is 256 cm³/mol. The van der Waals surface area contributed by atoms with Gasteiger partial charge in [0.25, 0.3) is 0 Å².